The van der Waals surface area contributed by atoms with E-state index in [1.54, 1.807) is 6.33 Å². The van der Waals surface area contributed by atoms with Crippen LogP contribution in [0, 0.1) is 13.8 Å². The molecule has 2 N–H and O–H groups in total. The van der Waals surface area contributed by atoms with E-state index in [1.165, 1.54) is 7.11 Å². The number of rotatable bonds is 5. The van der Waals surface area contributed by atoms with E-state index in [0.717, 1.165) is 17.0 Å². The maximum absolute atomic E-state index is 12.2. The van der Waals surface area contributed by atoms with Gasteiger partial charge in [-0.15, -0.1) is 0 Å². The number of carbonyl (C=O) groups excluding carboxylic acids is 1. The Bertz CT molecular complexity index is 622. The number of aromatic nitrogens is 2. The first-order chi connectivity index (χ1) is 9.99. The van der Waals surface area contributed by atoms with Crippen molar-refractivity contribution in [2.24, 2.45) is 5.73 Å². The van der Waals surface area contributed by atoms with Crippen LogP contribution in [0.5, 0.6) is 0 Å². The van der Waals surface area contributed by atoms with Gasteiger partial charge in [0.05, 0.1) is 19.1 Å². The lowest BCUT2D eigenvalue weighted by Crippen LogP contribution is -2.46. The molecule has 5 nitrogen and oxygen atoms in total. The van der Waals surface area contributed by atoms with Crippen LogP contribution in [0.15, 0.2) is 36.7 Å². The van der Waals surface area contributed by atoms with Crippen LogP contribution in [-0.4, -0.2) is 22.6 Å². The first-order valence-corrected chi connectivity index (χ1v) is 6.90. The van der Waals surface area contributed by atoms with Gasteiger partial charge in [-0.3, -0.25) is 0 Å². The molecular weight excluding hydrogens is 266 g/mol. The zero-order chi connectivity index (χ0) is 15.5. The molecular formula is C16H21N3O2. The highest BCUT2D eigenvalue weighted by Crippen LogP contribution is 2.25. The fraction of sp³-hybridized carbons (Fsp3) is 0.375. The molecule has 1 heterocycles. The van der Waals surface area contributed by atoms with Crippen LogP contribution in [0.3, 0.4) is 0 Å². The molecule has 0 radical (unpaired) electrons. The fourth-order valence-corrected chi connectivity index (χ4v) is 2.35. The normalized spacial score (nSPS) is 13.7. The van der Waals surface area contributed by atoms with Crippen molar-refractivity contribution in [3.63, 3.8) is 0 Å². The lowest BCUT2D eigenvalue weighted by Gasteiger charge is -2.27. The third kappa shape index (κ3) is 2.97. The minimum absolute atomic E-state index is 0.428. The summed E-state index contributed by atoms with van der Waals surface area (Å²) in [5, 5.41) is 0. The van der Waals surface area contributed by atoms with Crippen LogP contribution in [-0.2, 0) is 21.6 Å². The molecule has 0 amide bonds. The summed E-state index contributed by atoms with van der Waals surface area (Å²) in [6.07, 6.45) is 2.22. The third-order valence-corrected chi connectivity index (χ3v) is 3.93. The minimum Gasteiger partial charge on any atom is -0.467 e. The monoisotopic (exact) mass is 287 g/mol. The molecule has 0 aliphatic heterocycles. The molecule has 0 aliphatic carbocycles. The molecule has 0 saturated heterocycles. The van der Waals surface area contributed by atoms with Crippen LogP contribution < -0.4 is 5.73 Å². The summed E-state index contributed by atoms with van der Waals surface area (Å²) in [6.45, 7) is 4.56. The van der Waals surface area contributed by atoms with Crippen molar-refractivity contribution in [1.29, 1.82) is 0 Å². The summed E-state index contributed by atoms with van der Waals surface area (Å²) in [6, 6.07) is 9.33. The van der Waals surface area contributed by atoms with Gasteiger partial charge in [0, 0.05) is 12.2 Å². The Hall–Kier alpha value is -2.14. The van der Waals surface area contributed by atoms with Crippen LogP contribution in [0.4, 0.5) is 0 Å². The average Bonchev–Trinajstić information content (AvgIpc) is 2.84. The van der Waals surface area contributed by atoms with Crippen molar-refractivity contribution in [3.8, 4) is 0 Å². The molecule has 1 atom stereocenters. The number of esters is 1. The number of benzene rings is 1. The Morgan fingerprint density at radius 1 is 1.33 bits per heavy atom. The number of hydrogen-bond donors (Lipinski definition) is 1. The van der Waals surface area contributed by atoms with Gasteiger partial charge in [-0.2, -0.15) is 0 Å². The lowest BCUT2D eigenvalue weighted by atomic mass is 9.87. The smallest absolute Gasteiger partial charge is 0.330 e. The Balaban J connectivity index is 2.25. The number of nitrogens with zero attached hydrogens (tertiary/aromatic N) is 2. The molecule has 5 heteroatoms. The van der Waals surface area contributed by atoms with E-state index in [2.05, 4.69) is 4.98 Å². The molecule has 1 aromatic carbocycles. The maximum atomic E-state index is 12.2. The van der Waals surface area contributed by atoms with Gasteiger partial charge < -0.3 is 15.0 Å². The van der Waals surface area contributed by atoms with E-state index in [1.807, 2.05) is 48.7 Å². The number of carbonyl (C=O) groups is 1. The molecule has 112 valence electrons. The first-order valence-electron chi connectivity index (χ1n) is 6.90. The van der Waals surface area contributed by atoms with Crippen LogP contribution in [0.25, 0.3) is 0 Å². The zero-order valence-electron chi connectivity index (χ0n) is 12.7. The topological polar surface area (TPSA) is 70.1 Å². The second kappa shape index (κ2) is 6.10. The molecule has 21 heavy (non-hydrogen) atoms. The van der Waals surface area contributed by atoms with Crippen molar-refractivity contribution in [2.45, 2.75) is 32.4 Å². The van der Waals surface area contributed by atoms with Crippen molar-refractivity contribution in [2.75, 3.05) is 7.11 Å². The predicted octanol–water partition coefficient (Wildman–Crippen LogP) is 1.92. The van der Waals surface area contributed by atoms with Gasteiger partial charge in [0.2, 0.25) is 0 Å². The molecule has 0 spiro atoms. The number of methoxy groups -OCH3 is 1. The largest absolute Gasteiger partial charge is 0.467 e. The number of aryl methyl sites for hydroxylation is 2. The first kappa shape index (κ1) is 15.3. The molecule has 0 aliphatic rings. The third-order valence-electron chi connectivity index (χ3n) is 3.93. The van der Waals surface area contributed by atoms with Crippen molar-refractivity contribution in [1.82, 2.24) is 9.55 Å². The van der Waals surface area contributed by atoms with Gasteiger partial charge >= 0.3 is 5.97 Å². The van der Waals surface area contributed by atoms with Gasteiger partial charge in [0.15, 0.2) is 0 Å². The van der Waals surface area contributed by atoms with Gasteiger partial charge in [0.1, 0.15) is 5.54 Å². The van der Waals surface area contributed by atoms with E-state index in [9.17, 15) is 4.79 Å². The van der Waals surface area contributed by atoms with E-state index in [0.29, 0.717) is 13.0 Å². The minimum atomic E-state index is -1.15. The summed E-state index contributed by atoms with van der Waals surface area (Å²) in [5.41, 5.74) is 8.03. The average molecular weight is 287 g/mol. The summed E-state index contributed by atoms with van der Waals surface area (Å²) in [5.74, 6) is -0.428. The van der Waals surface area contributed by atoms with Crippen molar-refractivity contribution < 1.29 is 9.53 Å². The van der Waals surface area contributed by atoms with Gasteiger partial charge in [-0.25, -0.2) is 9.78 Å². The van der Waals surface area contributed by atoms with Crippen LogP contribution in [0.2, 0.25) is 0 Å². The van der Waals surface area contributed by atoms with E-state index >= 15 is 0 Å². The predicted molar refractivity (Wildman–Crippen MR) is 80.6 cm³/mol. The Kier molecular flexibility index (Phi) is 4.43. The second-order valence-electron chi connectivity index (χ2n) is 5.19. The fourth-order valence-electron chi connectivity index (χ4n) is 2.35. The van der Waals surface area contributed by atoms with Crippen molar-refractivity contribution in [3.05, 3.63) is 53.6 Å². The molecule has 0 fully saturated rings. The molecule has 2 rings (SSSR count). The van der Waals surface area contributed by atoms with Crippen LogP contribution in [0.1, 0.15) is 23.4 Å². The summed E-state index contributed by atoms with van der Waals surface area (Å²) >= 11 is 0. The van der Waals surface area contributed by atoms with Gasteiger partial charge in [0.25, 0.3) is 0 Å². The maximum Gasteiger partial charge on any atom is 0.330 e. The molecule has 1 aromatic heterocycles. The quantitative estimate of drug-likeness (QED) is 0.853. The summed E-state index contributed by atoms with van der Waals surface area (Å²) < 4.78 is 6.91. The lowest BCUT2D eigenvalue weighted by molar-refractivity contribution is -0.148. The number of ether oxygens (including phenoxy) is 1. The zero-order valence-corrected chi connectivity index (χ0v) is 12.7. The molecule has 0 saturated carbocycles. The van der Waals surface area contributed by atoms with E-state index in [4.69, 9.17) is 10.5 Å². The highest BCUT2D eigenvalue weighted by atomic mass is 16.5. The summed E-state index contributed by atoms with van der Waals surface area (Å²) in [4.78, 5) is 16.4. The SMILES string of the molecule is COC(=O)C(N)(CCn1cnc(C)c1C)c1ccccc1. The van der Waals surface area contributed by atoms with Crippen molar-refractivity contribution >= 4 is 5.97 Å². The standard InChI is InChI=1S/C16H21N3O2/c1-12-13(2)19(11-18-12)10-9-16(17,15(20)21-3)14-7-5-4-6-8-14/h4-8,11H,9-10,17H2,1-3H3. The van der Waals surface area contributed by atoms with Gasteiger partial charge in [-0.1, -0.05) is 30.3 Å². The highest BCUT2D eigenvalue weighted by molar-refractivity contribution is 5.82. The summed E-state index contributed by atoms with van der Waals surface area (Å²) in [7, 11) is 1.36. The Morgan fingerprint density at radius 2 is 2.00 bits per heavy atom. The Morgan fingerprint density at radius 3 is 2.52 bits per heavy atom. The molecule has 0 bridgehead atoms. The van der Waals surface area contributed by atoms with Gasteiger partial charge in [-0.05, 0) is 25.8 Å². The molecule has 1 unspecified atom stereocenters. The second-order valence-corrected chi connectivity index (χ2v) is 5.19. The van der Waals surface area contributed by atoms with E-state index < -0.39 is 11.5 Å². The number of hydrogen-bond acceptors (Lipinski definition) is 4. The van der Waals surface area contributed by atoms with Crippen LogP contribution >= 0.6 is 0 Å². The number of nitrogens with two attached hydrogens (primary N) is 1. The number of imidazole rings is 1. The molecule has 2 aromatic rings. The highest BCUT2D eigenvalue weighted by Gasteiger charge is 2.36. The van der Waals surface area contributed by atoms with E-state index in [-0.39, 0.29) is 0 Å². The Labute approximate surface area is 124 Å².